The number of pyridine rings is 1. The number of aromatic nitrogens is 1. The van der Waals surface area contributed by atoms with Crippen molar-refractivity contribution in [2.75, 3.05) is 24.2 Å². The predicted octanol–water partition coefficient (Wildman–Crippen LogP) is 1.72. The lowest BCUT2D eigenvalue weighted by molar-refractivity contribution is 0.905. The van der Waals surface area contributed by atoms with E-state index in [4.69, 9.17) is 11.0 Å². The molecule has 2 rings (SSSR count). The van der Waals surface area contributed by atoms with E-state index in [0.29, 0.717) is 18.5 Å². The maximum absolute atomic E-state index is 11.9. The smallest absolute Gasteiger partial charge is 0.268 e. The second-order valence-electron chi connectivity index (χ2n) is 5.09. The lowest BCUT2D eigenvalue weighted by atomic mass is 9.96. The molecule has 24 heavy (non-hydrogen) atoms. The van der Waals surface area contributed by atoms with Crippen molar-refractivity contribution in [1.29, 1.82) is 15.8 Å². The highest BCUT2D eigenvalue weighted by atomic mass is 16.1. The zero-order chi connectivity index (χ0) is 17.7. The van der Waals surface area contributed by atoms with Crippen molar-refractivity contribution in [1.82, 2.24) is 4.98 Å². The van der Waals surface area contributed by atoms with Crippen molar-refractivity contribution in [2.45, 2.75) is 6.42 Å². The van der Waals surface area contributed by atoms with Gasteiger partial charge in [-0.15, -0.1) is 0 Å². The van der Waals surface area contributed by atoms with Crippen LogP contribution >= 0.6 is 0 Å². The molecule has 0 radical (unpaired) electrons. The second-order valence-corrected chi connectivity index (χ2v) is 5.09. The van der Waals surface area contributed by atoms with E-state index in [2.05, 4.69) is 11.1 Å². The van der Waals surface area contributed by atoms with Crippen LogP contribution in [-0.4, -0.2) is 18.6 Å². The lowest BCUT2D eigenvalue weighted by Gasteiger charge is -2.18. The Hall–Kier alpha value is -3.76. The Labute approximate surface area is 138 Å². The van der Waals surface area contributed by atoms with Gasteiger partial charge in [-0.05, 0) is 17.7 Å². The van der Waals surface area contributed by atoms with Crippen LogP contribution < -0.4 is 16.2 Å². The van der Waals surface area contributed by atoms with Gasteiger partial charge in [-0.25, -0.2) is 0 Å². The predicted molar refractivity (Wildman–Crippen MR) is 89.8 cm³/mol. The highest BCUT2D eigenvalue weighted by Gasteiger charge is 2.18. The first-order valence-corrected chi connectivity index (χ1v) is 7.08. The molecule has 0 saturated heterocycles. The Balaban J connectivity index is 2.54. The summed E-state index contributed by atoms with van der Waals surface area (Å²) in [6, 6.07) is 12.9. The standard InChI is InChI=1S/C17H14N6O/c1-23(8-2-7-18)12-5-3-11(4-6-12)15-13(9-19)16(21)22-17(24)14(15)10-20/h3-6H,2,8H2,1H3,(H3,21,22,24). The molecule has 0 aliphatic heterocycles. The van der Waals surface area contributed by atoms with Gasteiger partial charge in [0.05, 0.1) is 12.5 Å². The Morgan fingerprint density at radius 1 is 1.12 bits per heavy atom. The zero-order valence-corrected chi connectivity index (χ0v) is 13.0. The van der Waals surface area contributed by atoms with Gasteiger partial charge in [0.15, 0.2) is 0 Å². The molecule has 0 unspecified atom stereocenters. The van der Waals surface area contributed by atoms with Crippen molar-refractivity contribution in [3.8, 4) is 29.3 Å². The topological polar surface area (TPSA) is 133 Å². The molecular formula is C17H14N6O. The van der Waals surface area contributed by atoms with Crippen LogP contribution in [0.25, 0.3) is 11.1 Å². The third-order valence-electron chi connectivity index (χ3n) is 3.62. The van der Waals surface area contributed by atoms with Crippen LogP contribution in [0, 0.1) is 34.0 Å². The summed E-state index contributed by atoms with van der Waals surface area (Å²) in [4.78, 5) is 16.1. The normalized spacial score (nSPS) is 9.58. The number of anilines is 2. The Morgan fingerprint density at radius 2 is 1.75 bits per heavy atom. The molecule has 1 aromatic heterocycles. The molecule has 0 aliphatic rings. The van der Waals surface area contributed by atoms with E-state index in [-0.39, 0.29) is 22.5 Å². The van der Waals surface area contributed by atoms with Crippen molar-refractivity contribution in [3.63, 3.8) is 0 Å². The molecule has 3 N–H and O–H groups in total. The summed E-state index contributed by atoms with van der Waals surface area (Å²) in [5.41, 5.74) is 6.66. The zero-order valence-electron chi connectivity index (χ0n) is 13.0. The minimum atomic E-state index is -0.626. The van der Waals surface area contributed by atoms with Crippen molar-refractivity contribution >= 4 is 11.5 Å². The van der Waals surface area contributed by atoms with E-state index in [1.807, 2.05) is 24.1 Å². The third-order valence-corrected chi connectivity index (χ3v) is 3.62. The van der Waals surface area contributed by atoms with Gasteiger partial charge in [-0.1, -0.05) is 12.1 Å². The first-order chi connectivity index (χ1) is 11.5. The van der Waals surface area contributed by atoms with Gasteiger partial charge in [-0.3, -0.25) is 4.79 Å². The molecule has 1 aromatic carbocycles. The molecule has 0 saturated carbocycles. The molecule has 7 heteroatoms. The Bertz CT molecular complexity index is 938. The number of nitrogens with zero attached hydrogens (tertiary/aromatic N) is 4. The summed E-state index contributed by atoms with van der Waals surface area (Å²) in [7, 11) is 1.86. The van der Waals surface area contributed by atoms with Gasteiger partial charge < -0.3 is 15.6 Å². The number of aromatic amines is 1. The summed E-state index contributed by atoms with van der Waals surface area (Å²) in [5.74, 6) is -0.0632. The number of nitriles is 3. The minimum absolute atomic E-state index is 0.0632. The van der Waals surface area contributed by atoms with Gasteiger partial charge in [0.25, 0.3) is 5.56 Å². The van der Waals surface area contributed by atoms with Gasteiger partial charge in [0, 0.05) is 24.8 Å². The fourth-order valence-corrected chi connectivity index (χ4v) is 2.36. The molecule has 0 bridgehead atoms. The fourth-order valence-electron chi connectivity index (χ4n) is 2.36. The molecule has 0 spiro atoms. The molecule has 0 atom stereocenters. The number of benzene rings is 1. The summed E-state index contributed by atoms with van der Waals surface area (Å²) in [5, 5.41) is 27.2. The van der Waals surface area contributed by atoms with Crippen LogP contribution in [-0.2, 0) is 0 Å². The molecule has 0 amide bonds. The Kier molecular flexibility index (Phi) is 4.84. The van der Waals surface area contributed by atoms with Gasteiger partial charge in [0.2, 0.25) is 0 Å². The number of nitrogens with two attached hydrogens (primary N) is 1. The maximum atomic E-state index is 11.9. The van der Waals surface area contributed by atoms with E-state index in [0.717, 1.165) is 5.69 Å². The summed E-state index contributed by atoms with van der Waals surface area (Å²) in [6.07, 6.45) is 0.403. The molecular weight excluding hydrogens is 304 g/mol. The van der Waals surface area contributed by atoms with Crippen molar-refractivity contribution in [3.05, 3.63) is 45.7 Å². The van der Waals surface area contributed by atoms with Crippen LogP contribution in [0.5, 0.6) is 0 Å². The first-order valence-electron chi connectivity index (χ1n) is 7.08. The fraction of sp³-hybridized carbons (Fsp3) is 0.176. The van der Waals surface area contributed by atoms with Gasteiger partial charge in [-0.2, -0.15) is 15.8 Å². The number of hydrogen-bond acceptors (Lipinski definition) is 6. The Morgan fingerprint density at radius 3 is 2.29 bits per heavy atom. The third kappa shape index (κ3) is 3.04. The van der Waals surface area contributed by atoms with Crippen molar-refractivity contribution in [2.24, 2.45) is 0 Å². The van der Waals surface area contributed by atoms with Crippen LogP contribution in [0.3, 0.4) is 0 Å². The molecule has 1 heterocycles. The van der Waals surface area contributed by atoms with Crippen LogP contribution in [0.15, 0.2) is 29.1 Å². The van der Waals surface area contributed by atoms with Crippen LogP contribution in [0.1, 0.15) is 17.5 Å². The van der Waals surface area contributed by atoms with Crippen LogP contribution in [0.2, 0.25) is 0 Å². The average Bonchev–Trinajstić information content (AvgIpc) is 2.59. The first kappa shape index (κ1) is 16.6. The van der Waals surface area contributed by atoms with E-state index in [1.165, 1.54) is 0 Å². The summed E-state index contributed by atoms with van der Waals surface area (Å²) in [6.45, 7) is 0.584. The molecule has 0 aliphatic carbocycles. The molecule has 2 aromatic rings. The quantitative estimate of drug-likeness (QED) is 0.881. The molecule has 0 fully saturated rings. The lowest BCUT2D eigenvalue weighted by Crippen LogP contribution is -2.18. The van der Waals surface area contributed by atoms with E-state index < -0.39 is 5.56 Å². The largest absolute Gasteiger partial charge is 0.384 e. The number of nitrogen functional groups attached to an aromatic ring is 1. The van der Waals surface area contributed by atoms with E-state index >= 15 is 0 Å². The highest BCUT2D eigenvalue weighted by Crippen LogP contribution is 2.29. The van der Waals surface area contributed by atoms with Gasteiger partial charge >= 0.3 is 0 Å². The number of rotatable bonds is 4. The number of hydrogen-bond donors (Lipinski definition) is 2. The SMILES string of the molecule is CN(CCC#N)c1ccc(-c2c(C#N)c(N)[nH]c(=O)c2C#N)cc1. The molecule has 118 valence electrons. The summed E-state index contributed by atoms with van der Waals surface area (Å²) < 4.78 is 0. The molecule has 7 nitrogen and oxygen atoms in total. The van der Waals surface area contributed by atoms with Crippen LogP contribution in [0.4, 0.5) is 11.5 Å². The highest BCUT2D eigenvalue weighted by molar-refractivity contribution is 5.80. The van der Waals surface area contributed by atoms with E-state index in [9.17, 15) is 15.3 Å². The minimum Gasteiger partial charge on any atom is -0.384 e. The maximum Gasteiger partial charge on any atom is 0.268 e. The van der Waals surface area contributed by atoms with Gasteiger partial charge in [0.1, 0.15) is 29.1 Å². The number of H-pyrrole nitrogens is 1. The second kappa shape index (κ2) is 7.00. The van der Waals surface area contributed by atoms with E-state index in [1.54, 1.807) is 24.3 Å². The van der Waals surface area contributed by atoms with Crippen molar-refractivity contribution < 1.29 is 0 Å². The summed E-state index contributed by atoms with van der Waals surface area (Å²) >= 11 is 0. The number of nitrogens with one attached hydrogen (secondary N) is 1. The monoisotopic (exact) mass is 318 g/mol. The average molecular weight is 318 g/mol.